The van der Waals surface area contributed by atoms with Crippen molar-refractivity contribution < 1.29 is 22.6 Å². The zero-order valence-electron chi connectivity index (χ0n) is 21.0. The molecule has 8 nitrogen and oxygen atoms in total. The van der Waals surface area contributed by atoms with Gasteiger partial charge in [0, 0.05) is 50.6 Å². The summed E-state index contributed by atoms with van der Waals surface area (Å²) in [5.74, 6) is 1.81. The Bertz CT molecular complexity index is 1170. The molecule has 0 spiro atoms. The molecule has 0 radical (unpaired) electrons. The molecule has 0 bridgehead atoms. The van der Waals surface area contributed by atoms with Gasteiger partial charge in [0.15, 0.2) is 0 Å². The van der Waals surface area contributed by atoms with Crippen LogP contribution in [-0.4, -0.2) is 68.0 Å². The highest BCUT2D eigenvalue weighted by atomic mass is 19.4. The fraction of sp³-hybridized carbons (Fsp3) is 0.423. The number of aromatic nitrogens is 3. The van der Waals surface area contributed by atoms with Crippen LogP contribution in [0.25, 0.3) is 11.3 Å². The number of alkyl halides is 3. The quantitative estimate of drug-likeness (QED) is 0.415. The maximum atomic E-state index is 13.6. The molecule has 11 heteroatoms. The summed E-state index contributed by atoms with van der Waals surface area (Å²) in [6.07, 6.45) is -2.41. The Morgan fingerprint density at radius 3 is 2.62 bits per heavy atom. The SMILES string of the molecule is CCCN(CCNc1cc(-c2cccc(OC)c2)nc(N2CCOCC2)n1)c1ncccc1C(F)(F)F. The predicted molar refractivity (Wildman–Crippen MR) is 137 cm³/mol. The van der Waals surface area contributed by atoms with Gasteiger partial charge in [0.2, 0.25) is 5.95 Å². The average Bonchev–Trinajstić information content (AvgIpc) is 2.92. The maximum absolute atomic E-state index is 13.6. The minimum Gasteiger partial charge on any atom is -0.497 e. The standard InChI is InChI=1S/C26H31F3N6O2/c1-3-11-34(24-21(26(27,28)29)8-5-9-31-24)12-10-30-23-18-22(19-6-4-7-20(17-19)36-2)32-25(33-23)35-13-15-37-16-14-35/h4-9,17-18H,3,10-16H2,1-2H3,(H,30,32,33). The zero-order chi connectivity index (χ0) is 26.3. The molecule has 0 saturated carbocycles. The Hall–Kier alpha value is -3.60. The van der Waals surface area contributed by atoms with Crippen molar-refractivity contribution in [2.45, 2.75) is 19.5 Å². The van der Waals surface area contributed by atoms with Gasteiger partial charge in [-0.1, -0.05) is 19.1 Å². The Balaban J connectivity index is 1.57. The van der Waals surface area contributed by atoms with Crippen molar-refractivity contribution in [1.82, 2.24) is 15.0 Å². The van der Waals surface area contributed by atoms with Gasteiger partial charge in [-0.25, -0.2) is 9.97 Å². The second-order valence-corrected chi connectivity index (χ2v) is 8.56. The van der Waals surface area contributed by atoms with Crippen LogP contribution >= 0.6 is 0 Å². The van der Waals surface area contributed by atoms with Gasteiger partial charge in [-0.2, -0.15) is 18.2 Å². The third-order valence-electron chi connectivity index (χ3n) is 5.95. The van der Waals surface area contributed by atoms with Crippen LogP contribution in [-0.2, 0) is 10.9 Å². The Morgan fingerprint density at radius 2 is 1.89 bits per heavy atom. The van der Waals surface area contributed by atoms with E-state index in [4.69, 9.17) is 19.4 Å². The van der Waals surface area contributed by atoms with Crippen LogP contribution in [0.2, 0.25) is 0 Å². The summed E-state index contributed by atoms with van der Waals surface area (Å²) in [7, 11) is 1.61. The number of pyridine rings is 1. The van der Waals surface area contributed by atoms with Gasteiger partial charge >= 0.3 is 6.18 Å². The summed E-state index contributed by atoms with van der Waals surface area (Å²) in [6.45, 7) is 5.58. The van der Waals surface area contributed by atoms with Gasteiger partial charge in [0.1, 0.15) is 17.4 Å². The molecule has 1 N–H and O–H groups in total. The minimum absolute atomic E-state index is 0.0626. The monoisotopic (exact) mass is 516 g/mol. The van der Waals surface area contributed by atoms with Gasteiger partial charge in [0.25, 0.3) is 0 Å². The van der Waals surface area contributed by atoms with E-state index in [1.807, 2.05) is 37.3 Å². The molecule has 2 aromatic heterocycles. The molecular formula is C26H31F3N6O2. The predicted octanol–water partition coefficient (Wildman–Crippen LogP) is 4.73. The summed E-state index contributed by atoms with van der Waals surface area (Å²) in [5.41, 5.74) is 0.850. The Morgan fingerprint density at radius 1 is 1.08 bits per heavy atom. The van der Waals surface area contributed by atoms with Crippen molar-refractivity contribution in [1.29, 1.82) is 0 Å². The number of ether oxygens (including phenoxy) is 2. The Kier molecular flexibility index (Phi) is 8.65. The fourth-order valence-electron chi connectivity index (χ4n) is 4.14. The summed E-state index contributed by atoms with van der Waals surface area (Å²) in [4.78, 5) is 17.3. The van der Waals surface area contributed by atoms with Crippen LogP contribution in [0.5, 0.6) is 5.75 Å². The van der Waals surface area contributed by atoms with Crippen molar-refractivity contribution in [3.8, 4) is 17.0 Å². The summed E-state index contributed by atoms with van der Waals surface area (Å²) >= 11 is 0. The molecule has 3 aromatic rings. The van der Waals surface area contributed by atoms with Gasteiger partial charge < -0.3 is 24.6 Å². The first-order valence-corrected chi connectivity index (χ1v) is 12.3. The largest absolute Gasteiger partial charge is 0.497 e. The van der Waals surface area contributed by atoms with Crippen molar-refractivity contribution in [3.63, 3.8) is 0 Å². The molecule has 1 aromatic carbocycles. The average molecular weight is 517 g/mol. The molecule has 198 valence electrons. The van der Waals surface area contributed by atoms with E-state index < -0.39 is 11.7 Å². The molecule has 1 aliphatic rings. The van der Waals surface area contributed by atoms with E-state index in [0.29, 0.717) is 75.6 Å². The highest BCUT2D eigenvalue weighted by molar-refractivity contribution is 5.66. The highest BCUT2D eigenvalue weighted by Crippen LogP contribution is 2.35. The second kappa shape index (κ2) is 12.1. The lowest BCUT2D eigenvalue weighted by Gasteiger charge is -2.28. The van der Waals surface area contributed by atoms with Gasteiger partial charge in [-0.3, -0.25) is 0 Å². The summed E-state index contributed by atoms with van der Waals surface area (Å²) < 4.78 is 51.6. The number of hydrogen-bond acceptors (Lipinski definition) is 8. The van der Waals surface area contributed by atoms with E-state index in [1.54, 1.807) is 12.0 Å². The fourth-order valence-corrected chi connectivity index (χ4v) is 4.14. The third-order valence-corrected chi connectivity index (χ3v) is 5.95. The number of methoxy groups -OCH3 is 1. The zero-order valence-corrected chi connectivity index (χ0v) is 21.0. The van der Waals surface area contributed by atoms with Crippen LogP contribution in [0.15, 0.2) is 48.7 Å². The molecule has 1 aliphatic heterocycles. The summed E-state index contributed by atoms with van der Waals surface area (Å²) in [6, 6.07) is 11.8. The lowest BCUT2D eigenvalue weighted by Crippen LogP contribution is -2.37. The topological polar surface area (TPSA) is 75.6 Å². The van der Waals surface area contributed by atoms with Crippen LogP contribution in [0.1, 0.15) is 18.9 Å². The van der Waals surface area contributed by atoms with Gasteiger partial charge in [-0.15, -0.1) is 0 Å². The second-order valence-electron chi connectivity index (χ2n) is 8.56. The number of hydrogen-bond donors (Lipinski definition) is 1. The molecule has 0 amide bonds. The Labute approximate surface area is 214 Å². The summed E-state index contributed by atoms with van der Waals surface area (Å²) in [5, 5.41) is 3.29. The lowest BCUT2D eigenvalue weighted by molar-refractivity contribution is -0.137. The lowest BCUT2D eigenvalue weighted by atomic mass is 10.1. The highest BCUT2D eigenvalue weighted by Gasteiger charge is 2.35. The molecule has 4 rings (SSSR count). The van der Waals surface area contributed by atoms with Crippen molar-refractivity contribution in [3.05, 3.63) is 54.2 Å². The molecule has 0 atom stereocenters. The molecular weight excluding hydrogens is 485 g/mol. The van der Waals surface area contributed by atoms with Crippen LogP contribution in [0.3, 0.4) is 0 Å². The first kappa shape index (κ1) is 26.5. The van der Waals surface area contributed by atoms with Gasteiger partial charge in [-0.05, 0) is 30.7 Å². The number of nitrogens with one attached hydrogen (secondary N) is 1. The van der Waals surface area contributed by atoms with Crippen LogP contribution in [0.4, 0.5) is 30.8 Å². The normalized spacial score (nSPS) is 13.9. The van der Waals surface area contributed by atoms with E-state index in [9.17, 15) is 13.2 Å². The number of halogens is 3. The van der Waals surface area contributed by atoms with Gasteiger partial charge in [0.05, 0.1) is 31.6 Å². The first-order valence-electron chi connectivity index (χ1n) is 12.3. The molecule has 1 fully saturated rings. The van der Waals surface area contributed by atoms with Crippen LogP contribution in [0, 0.1) is 0 Å². The van der Waals surface area contributed by atoms with E-state index in [-0.39, 0.29) is 5.82 Å². The molecule has 0 unspecified atom stereocenters. The van der Waals surface area contributed by atoms with E-state index >= 15 is 0 Å². The number of nitrogens with zero attached hydrogens (tertiary/aromatic N) is 5. The van der Waals surface area contributed by atoms with E-state index in [2.05, 4.69) is 15.2 Å². The minimum atomic E-state index is -4.48. The first-order chi connectivity index (χ1) is 17.9. The number of anilines is 3. The molecule has 3 heterocycles. The number of rotatable bonds is 10. The van der Waals surface area contributed by atoms with E-state index in [1.165, 1.54) is 12.3 Å². The molecule has 37 heavy (non-hydrogen) atoms. The maximum Gasteiger partial charge on any atom is 0.419 e. The number of morpholine rings is 1. The third kappa shape index (κ3) is 6.79. The molecule has 1 saturated heterocycles. The van der Waals surface area contributed by atoms with Crippen molar-refractivity contribution in [2.75, 3.05) is 68.2 Å². The van der Waals surface area contributed by atoms with Crippen molar-refractivity contribution in [2.24, 2.45) is 0 Å². The number of benzene rings is 1. The smallest absolute Gasteiger partial charge is 0.419 e. The van der Waals surface area contributed by atoms with Crippen molar-refractivity contribution >= 4 is 17.6 Å². The van der Waals surface area contributed by atoms with E-state index in [0.717, 1.165) is 11.6 Å². The van der Waals surface area contributed by atoms with Crippen LogP contribution < -0.4 is 19.9 Å². The molecule has 0 aliphatic carbocycles.